The largest absolute Gasteiger partial charge is 0.291 e. The Bertz CT molecular complexity index is 693. The van der Waals surface area contributed by atoms with Crippen LogP contribution in [-0.4, -0.2) is 41.9 Å². The maximum atomic E-state index is 11.9. The minimum atomic E-state index is -4.32. The molecule has 1 aliphatic carbocycles. The van der Waals surface area contributed by atoms with Gasteiger partial charge in [0.2, 0.25) is 0 Å². The average molecular weight is 335 g/mol. The minimum Gasteiger partial charge on any atom is -0.284 e. The smallest absolute Gasteiger partial charge is 0.284 e. The molecule has 0 radical (unpaired) electrons. The molecular formula is C16H21N3O3S. The maximum absolute atomic E-state index is 11.9. The lowest BCUT2D eigenvalue weighted by Gasteiger charge is -2.37. The van der Waals surface area contributed by atoms with Gasteiger partial charge in [0.25, 0.3) is 10.1 Å². The lowest BCUT2D eigenvalue weighted by molar-refractivity contribution is 0.237. The van der Waals surface area contributed by atoms with Crippen LogP contribution in [0.25, 0.3) is 0 Å². The van der Waals surface area contributed by atoms with Gasteiger partial charge in [0.1, 0.15) is 6.04 Å². The molecule has 1 aromatic rings. The Morgan fingerprint density at radius 3 is 2.17 bits per heavy atom. The van der Waals surface area contributed by atoms with E-state index in [9.17, 15) is 13.0 Å². The molecule has 6 nitrogen and oxygen atoms in total. The summed E-state index contributed by atoms with van der Waals surface area (Å²) in [5.74, 6) is 0. The molecule has 7 heteroatoms. The van der Waals surface area contributed by atoms with Crippen molar-refractivity contribution in [1.29, 1.82) is 0 Å². The molecule has 23 heavy (non-hydrogen) atoms. The van der Waals surface area contributed by atoms with Crippen LogP contribution < -0.4 is 0 Å². The first-order chi connectivity index (χ1) is 10.9. The summed E-state index contributed by atoms with van der Waals surface area (Å²) in [7, 11) is -4.32. The number of azo groups is 1. The molecule has 0 unspecified atom stereocenters. The fourth-order valence-corrected chi connectivity index (χ4v) is 3.65. The summed E-state index contributed by atoms with van der Waals surface area (Å²) < 4.78 is 33.5. The predicted octanol–water partition coefficient (Wildman–Crippen LogP) is 3.19. The summed E-state index contributed by atoms with van der Waals surface area (Å²) in [4.78, 5) is 0.134. The molecule has 0 heterocycles. The van der Waals surface area contributed by atoms with Gasteiger partial charge >= 0.3 is 0 Å². The van der Waals surface area contributed by atoms with Crippen molar-refractivity contribution < 1.29 is 13.0 Å². The van der Waals surface area contributed by atoms with Crippen molar-refractivity contribution in [3.63, 3.8) is 0 Å². The summed E-state index contributed by atoms with van der Waals surface area (Å²) in [5.41, 5.74) is 0.727. The summed E-state index contributed by atoms with van der Waals surface area (Å²) in [6.07, 6.45) is 6.23. The third kappa shape index (κ3) is 3.74. The second kappa shape index (κ2) is 7.16. The third-order valence-electron chi connectivity index (χ3n) is 3.80. The van der Waals surface area contributed by atoms with Crippen LogP contribution in [0.1, 0.15) is 13.8 Å². The van der Waals surface area contributed by atoms with E-state index < -0.39 is 15.0 Å². The Balaban J connectivity index is 2.24. The van der Waals surface area contributed by atoms with Gasteiger partial charge in [-0.1, -0.05) is 44.2 Å². The molecule has 0 amide bonds. The van der Waals surface area contributed by atoms with Gasteiger partial charge in [-0.25, -0.2) is 0 Å². The minimum absolute atomic E-state index is 0.361. The number of rotatable bonds is 6. The van der Waals surface area contributed by atoms with Gasteiger partial charge in [-0.15, -0.1) is 0 Å². The second-order valence-electron chi connectivity index (χ2n) is 5.16. The van der Waals surface area contributed by atoms with Gasteiger partial charge < -0.3 is 0 Å². The molecule has 0 spiro atoms. The molecule has 0 bridgehead atoms. The van der Waals surface area contributed by atoms with Crippen molar-refractivity contribution in [3.8, 4) is 0 Å². The number of hydrogen-bond acceptors (Lipinski definition) is 5. The fourth-order valence-electron chi connectivity index (χ4n) is 2.56. The number of hydrogen-bond donors (Lipinski definition) is 1. The number of benzene rings is 1. The molecule has 0 saturated carbocycles. The number of likely N-dealkylation sites (N-methyl/N-ethyl adjacent to an activating group) is 1. The topological polar surface area (TPSA) is 82.3 Å². The van der Waals surface area contributed by atoms with E-state index in [0.717, 1.165) is 5.69 Å². The van der Waals surface area contributed by atoms with Crippen molar-refractivity contribution in [1.82, 2.24) is 4.90 Å². The first-order valence-electron chi connectivity index (χ1n) is 7.49. The Morgan fingerprint density at radius 2 is 1.70 bits per heavy atom. The molecule has 0 aliphatic heterocycles. The van der Waals surface area contributed by atoms with Gasteiger partial charge in [0, 0.05) is 0 Å². The highest BCUT2D eigenvalue weighted by Crippen LogP contribution is 2.29. The highest BCUT2D eigenvalue weighted by atomic mass is 32.2. The molecule has 0 aromatic heterocycles. The highest BCUT2D eigenvalue weighted by molar-refractivity contribution is 7.87. The zero-order valence-corrected chi connectivity index (χ0v) is 14.0. The zero-order valence-electron chi connectivity index (χ0n) is 13.2. The van der Waals surface area contributed by atoms with Crippen LogP contribution >= 0.6 is 0 Å². The molecule has 0 saturated heterocycles. The molecular weight excluding hydrogens is 314 g/mol. The van der Waals surface area contributed by atoms with Crippen LogP contribution in [0.5, 0.6) is 0 Å². The summed E-state index contributed by atoms with van der Waals surface area (Å²) in [6.45, 7) is 4.67. The van der Waals surface area contributed by atoms with Crippen LogP contribution in [0.4, 0.5) is 5.69 Å². The third-order valence-corrected chi connectivity index (χ3v) is 5.15. The Hall–Kier alpha value is -1.83. The van der Waals surface area contributed by atoms with Crippen LogP contribution in [0, 0.1) is 0 Å². The lowest BCUT2D eigenvalue weighted by Crippen LogP contribution is -2.52. The van der Waals surface area contributed by atoms with Crippen molar-refractivity contribution in [3.05, 3.63) is 54.6 Å². The highest BCUT2D eigenvalue weighted by Gasteiger charge is 2.44. The Morgan fingerprint density at radius 1 is 1.13 bits per heavy atom. The van der Waals surface area contributed by atoms with E-state index in [-0.39, 0.29) is 6.04 Å². The second-order valence-corrected chi connectivity index (χ2v) is 6.76. The van der Waals surface area contributed by atoms with Crippen LogP contribution in [0.15, 0.2) is 64.9 Å². The Kier molecular flexibility index (Phi) is 5.46. The van der Waals surface area contributed by atoms with Gasteiger partial charge in [0.15, 0.2) is 4.87 Å². The predicted molar refractivity (Wildman–Crippen MR) is 90.2 cm³/mol. The Labute approximate surface area is 137 Å². The molecule has 1 N–H and O–H groups in total. The van der Waals surface area contributed by atoms with Crippen molar-refractivity contribution in [2.24, 2.45) is 10.2 Å². The van der Waals surface area contributed by atoms with E-state index in [4.69, 9.17) is 0 Å². The molecule has 1 aromatic carbocycles. The van der Waals surface area contributed by atoms with E-state index in [1.165, 1.54) is 12.2 Å². The standard InChI is InChI=1S/C16H21N3O3S/c1-3-19(4-2)16(23(20,21)22)12-10-15(11-13-16)18-17-14-8-6-5-7-9-14/h5-13,15H,3-4H2,1-2H3,(H,20,21,22)/b18-17+. The fraction of sp³-hybridized carbons (Fsp3) is 0.375. The van der Waals surface area contributed by atoms with Crippen molar-refractivity contribution in [2.75, 3.05) is 13.1 Å². The van der Waals surface area contributed by atoms with E-state index in [1.54, 1.807) is 17.1 Å². The lowest BCUT2D eigenvalue weighted by atomic mass is 10.1. The van der Waals surface area contributed by atoms with Crippen LogP contribution in [0.3, 0.4) is 0 Å². The normalized spacial score (nSPS) is 24.6. The molecule has 0 fully saturated rings. The summed E-state index contributed by atoms with van der Waals surface area (Å²) in [6, 6.07) is 8.93. The zero-order chi connectivity index (χ0) is 16.9. The van der Waals surface area contributed by atoms with Gasteiger partial charge in [0.05, 0.1) is 5.69 Å². The average Bonchev–Trinajstić information content (AvgIpc) is 2.55. The monoisotopic (exact) mass is 335 g/mol. The van der Waals surface area contributed by atoms with Crippen LogP contribution in [-0.2, 0) is 10.1 Å². The van der Waals surface area contributed by atoms with Crippen molar-refractivity contribution in [2.45, 2.75) is 24.8 Å². The first kappa shape index (κ1) is 17.5. The maximum Gasteiger partial charge on any atom is 0.291 e. The van der Waals surface area contributed by atoms with Gasteiger partial charge in [-0.2, -0.15) is 18.6 Å². The van der Waals surface area contributed by atoms with Gasteiger partial charge in [-0.3, -0.25) is 9.45 Å². The number of nitrogens with zero attached hydrogens (tertiary/aromatic N) is 3. The molecule has 2 rings (SSSR count). The summed E-state index contributed by atoms with van der Waals surface area (Å²) >= 11 is 0. The van der Waals surface area contributed by atoms with E-state index in [1.807, 2.05) is 44.2 Å². The van der Waals surface area contributed by atoms with E-state index in [2.05, 4.69) is 10.2 Å². The summed E-state index contributed by atoms with van der Waals surface area (Å²) in [5, 5.41) is 8.29. The first-order valence-corrected chi connectivity index (χ1v) is 8.93. The van der Waals surface area contributed by atoms with E-state index >= 15 is 0 Å². The molecule has 1 aliphatic rings. The van der Waals surface area contributed by atoms with Crippen LogP contribution in [0.2, 0.25) is 0 Å². The quantitative estimate of drug-likeness (QED) is 0.492. The van der Waals surface area contributed by atoms with E-state index in [0.29, 0.717) is 13.1 Å². The SMILES string of the molecule is CCN(CC)C1(S(=O)(=O)O)C=CC(/N=N/c2ccccc2)C=C1. The van der Waals surface area contributed by atoms with Crippen molar-refractivity contribution >= 4 is 15.8 Å². The molecule has 0 atom stereocenters. The van der Waals surface area contributed by atoms with Gasteiger partial charge in [-0.05, 0) is 37.4 Å². The molecule has 124 valence electrons.